The summed E-state index contributed by atoms with van der Waals surface area (Å²) in [7, 11) is 0. The number of carbonyl (C=O) groups is 2. The molecular formula is C16H30ClN3O2. The van der Waals surface area contributed by atoms with Crippen molar-refractivity contribution in [3.8, 4) is 0 Å². The summed E-state index contributed by atoms with van der Waals surface area (Å²) in [6.07, 6.45) is 5.28. The van der Waals surface area contributed by atoms with Gasteiger partial charge in [0.1, 0.15) is 0 Å². The van der Waals surface area contributed by atoms with E-state index in [9.17, 15) is 9.59 Å². The first-order valence-corrected chi connectivity index (χ1v) is 8.39. The van der Waals surface area contributed by atoms with Crippen LogP contribution < -0.4 is 5.73 Å². The van der Waals surface area contributed by atoms with Gasteiger partial charge < -0.3 is 15.5 Å². The minimum atomic E-state index is -0.629. The molecule has 0 atom stereocenters. The zero-order valence-corrected chi connectivity index (χ0v) is 14.7. The molecule has 0 radical (unpaired) electrons. The Morgan fingerprint density at radius 1 is 1.14 bits per heavy atom. The van der Waals surface area contributed by atoms with Crippen LogP contribution in [0, 0.1) is 5.92 Å². The minimum Gasteiger partial charge on any atom is -0.343 e. The van der Waals surface area contributed by atoms with Crippen molar-refractivity contribution in [2.75, 3.05) is 26.2 Å². The summed E-state index contributed by atoms with van der Waals surface area (Å²) in [5, 5.41) is 0. The van der Waals surface area contributed by atoms with E-state index in [1.807, 2.05) is 23.6 Å². The van der Waals surface area contributed by atoms with Gasteiger partial charge in [0.15, 0.2) is 0 Å². The van der Waals surface area contributed by atoms with Crippen molar-refractivity contribution in [3.05, 3.63) is 0 Å². The molecule has 22 heavy (non-hydrogen) atoms. The Labute approximate surface area is 140 Å². The van der Waals surface area contributed by atoms with E-state index in [1.165, 1.54) is 0 Å². The molecule has 0 aromatic carbocycles. The molecule has 0 unspecified atom stereocenters. The van der Waals surface area contributed by atoms with E-state index in [0.29, 0.717) is 13.1 Å². The number of nitrogens with zero attached hydrogens (tertiary/aromatic N) is 2. The van der Waals surface area contributed by atoms with Gasteiger partial charge in [0, 0.05) is 32.1 Å². The van der Waals surface area contributed by atoms with Gasteiger partial charge in [-0.15, -0.1) is 12.4 Å². The highest BCUT2D eigenvalue weighted by molar-refractivity contribution is 5.87. The fourth-order valence-electron chi connectivity index (χ4n) is 3.66. The largest absolute Gasteiger partial charge is 0.343 e. The predicted octanol–water partition coefficient (Wildman–Crippen LogP) is 1.79. The molecule has 0 bridgehead atoms. The van der Waals surface area contributed by atoms with Crippen molar-refractivity contribution in [2.24, 2.45) is 11.7 Å². The third-order valence-electron chi connectivity index (χ3n) is 5.13. The smallest absolute Gasteiger partial charge is 0.242 e. The van der Waals surface area contributed by atoms with Crippen molar-refractivity contribution in [1.82, 2.24) is 9.80 Å². The summed E-state index contributed by atoms with van der Waals surface area (Å²) in [5.41, 5.74) is 5.62. The Bertz CT molecular complexity index is 385. The van der Waals surface area contributed by atoms with E-state index < -0.39 is 5.54 Å². The Morgan fingerprint density at radius 3 is 2.09 bits per heavy atom. The predicted molar refractivity (Wildman–Crippen MR) is 89.9 cm³/mol. The van der Waals surface area contributed by atoms with Crippen LogP contribution in [0.3, 0.4) is 0 Å². The fraction of sp³-hybridized carbons (Fsp3) is 0.875. The van der Waals surface area contributed by atoms with E-state index in [-0.39, 0.29) is 30.1 Å². The Balaban J connectivity index is 0.00000242. The van der Waals surface area contributed by atoms with Crippen LogP contribution in [0.15, 0.2) is 0 Å². The first kappa shape index (κ1) is 19.2. The van der Waals surface area contributed by atoms with E-state index in [1.54, 1.807) is 0 Å². The first-order valence-electron chi connectivity index (χ1n) is 8.39. The number of halogens is 1. The lowest BCUT2D eigenvalue weighted by molar-refractivity contribution is -0.143. The van der Waals surface area contributed by atoms with E-state index >= 15 is 0 Å². The molecular weight excluding hydrogens is 302 g/mol. The first-order chi connectivity index (χ1) is 10.0. The lowest BCUT2D eigenvalue weighted by Crippen LogP contribution is -2.56. The average Bonchev–Trinajstić information content (AvgIpc) is 2.96. The molecule has 1 heterocycles. The second-order valence-corrected chi connectivity index (χ2v) is 6.44. The highest BCUT2D eigenvalue weighted by atomic mass is 35.5. The molecule has 0 spiro atoms. The maximum absolute atomic E-state index is 12.6. The number of hydrogen-bond acceptors (Lipinski definition) is 3. The minimum absolute atomic E-state index is 0. The van der Waals surface area contributed by atoms with Gasteiger partial charge in [-0.05, 0) is 39.5 Å². The van der Waals surface area contributed by atoms with Crippen LogP contribution in [0.25, 0.3) is 0 Å². The lowest BCUT2D eigenvalue weighted by atomic mass is 9.91. The van der Waals surface area contributed by atoms with Crippen molar-refractivity contribution in [2.45, 2.75) is 57.9 Å². The molecule has 128 valence electrons. The lowest BCUT2D eigenvalue weighted by Gasteiger charge is -2.37. The van der Waals surface area contributed by atoms with Crippen LogP contribution in [0.5, 0.6) is 0 Å². The molecule has 2 N–H and O–H groups in total. The monoisotopic (exact) mass is 331 g/mol. The van der Waals surface area contributed by atoms with Gasteiger partial charge in [-0.2, -0.15) is 0 Å². The van der Waals surface area contributed by atoms with Crippen LogP contribution in [0.1, 0.15) is 52.4 Å². The van der Waals surface area contributed by atoms with Gasteiger partial charge in [0.2, 0.25) is 11.8 Å². The summed E-state index contributed by atoms with van der Waals surface area (Å²) in [4.78, 5) is 28.7. The molecule has 1 saturated heterocycles. The van der Waals surface area contributed by atoms with Gasteiger partial charge in [0.25, 0.3) is 0 Å². The summed E-state index contributed by atoms with van der Waals surface area (Å²) in [5.74, 6) is 0.426. The van der Waals surface area contributed by atoms with E-state index in [2.05, 4.69) is 0 Å². The normalized spacial score (nSPS) is 21.3. The van der Waals surface area contributed by atoms with Crippen molar-refractivity contribution < 1.29 is 9.59 Å². The second kappa shape index (κ2) is 8.16. The second-order valence-electron chi connectivity index (χ2n) is 6.44. The maximum atomic E-state index is 12.6. The molecule has 0 aromatic heterocycles. The van der Waals surface area contributed by atoms with Crippen molar-refractivity contribution in [3.63, 3.8) is 0 Å². The fourth-order valence-corrected chi connectivity index (χ4v) is 3.66. The van der Waals surface area contributed by atoms with E-state index in [4.69, 9.17) is 5.73 Å². The average molecular weight is 332 g/mol. The zero-order valence-electron chi connectivity index (χ0n) is 13.8. The molecule has 2 fully saturated rings. The molecule has 2 aliphatic rings. The molecule has 1 aliphatic heterocycles. The molecule has 2 rings (SSSR count). The van der Waals surface area contributed by atoms with Crippen LogP contribution in [-0.4, -0.2) is 53.3 Å². The quantitative estimate of drug-likeness (QED) is 0.854. The molecule has 6 heteroatoms. The molecule has 5 nitrogen and oxygen atoms in total. The summed E-state index contributed by atoms with van der Waals surface area (Å²) in [6.45, 7) is 6.91. The Kier molecular flexibility index (Phi) is 7.13. The number of piperidine rings is 1. The highest BCUT2D eigenvalue weighted by Gasteiger charge is 2.41. The topological polar surface area (TPSA) is 66.6 Å². The summed E-state index contributed by atoms with van der Waals surface area (Å²) < 4.78 is 0. The third-order valence-corrected chi connectivity index (χ3v) is 5.13. The van der Waals surface area contributed by atoms with E-state index in [0.717, 1.165) is 51.6 Å². The van der Waals surface area contributed by atoms with Crippen molar-refractivity contribution in [1.29, 1.82) is 0 Å². The number of rotatable bonds is 4. The standard InChI is InChI=1S/C16H29N3O2.ClH/c1-3-18(4-2)14(20)13-7-11-19(12-8-13)15(21)16(17)9-5-6-10-16;/h13H,3-12,17H2,1-2H3;1H. The van der Waals surface area contributed by atoms with Crippen LogP contribution in [-0.2, 0) is 9.59 Å². The van der Waals surface area contributed by atoms with Crippen LogP contribution in [0.4, 0.5) is 0 Å². The van der Waals surface area contributed by atoms with Gasteiger partial charge in [-0.3, -0.25) is 9.59 Å². The van der Waals surface area contributed by atoms with Crippen LogP contribution >= 0.6 is 12.4 Å². The summed E-state index contributed by atoms with van der Waals surface area (Å²) in [6, 6.07) is 0. The maximum Gasteiger partial charge on any atom is 0.242 e. The highest BCUT2D eigenvalue weighted by Crippen LogP contribution is 2.30. The molecule has 1 saturated carbocycles. The SMILES string of the molecule is CCN(CC)C(=O)C1CCN(C(=O)C2(N)CCCC2)CC1.Cl. The number of carbonyl (C=O) groups excluding carboxylic acids is 2. The molecule has 0 aromatic rings. The number of likely N-dealkylation sites (tertiary alicyclic amines) is 1. The summed E-state index contributed by atoms with van der Waals surface area (Å²) >= 11 is 0. The molecule has 1 aliphatic carbocycles. The number of hydrogen-bond donors (Lipinski definition) is 1. The number of nitrogens with two attached hydrogens (primary N) is 1. The number of amides is 2. The Morgan fingerprint density at radius 2 is 1.64 bits per heavy atom. The van der Waals surface area contributed by atoms with Gasteiger partial charge in [-0.1, -0.05) is 12.8 Å². The van der Waals surface area contributed by atoms with Crippen LogP contribution in [0.2, 0.25) is 0 Å². The van der Waals surface area contributed by atoms with Gasteiger partial charge in [0.05, 0.1) is 5.54 Å². The third kappa shape index (κ3) is 3.93. The van der Waals surface area contributed by atoms with Gasteiger partial charge in [-0.25, -0.2) is 0 Å². The molecule has 2 amide bonds. The zero-order chi connectivity index (χ0) is 15.5. The van der Waals surface area contributed by atoms with Gasteiger partial charge >= 0.3 is 0 Å². The Hall–Kier alpha value is -0.810. The van der Waals surface area contributed by atoms with Crippen molar-refractivity contribution >= 4 is 24.2 Å².